The summed E-state index contributed by atoms with van der Waals surface area (Å²) in [5.74, 6) is 0. The lowest BCUT2D eigenvalue weighted by Crippen LogP contribution is -2.19. The Kier molecular flexibility index (Phi) is 14.0. The predicted octanol–water partition coefficient (Wildman–Crippen LogP) is 10.8. The molecule has 226 valence electrons. The molecular formula is C36H62N4. The number of nitrogens with zero attached hydrogens (tertiary/aromatic N) is 4. The van der Waals surface area contributed by atoms with Crippen LogP contribution < -0.4 is 0 Å². The van der Waals surface area contributed by atoms with Gasteiger partial charge in [-0.15, -0.1) is 0 Å². The Bertz CT molecular complexity index is 1090. The van der Waals surface area contributed by atoms with Gasteiger partial charge in [0.2, 0.25) is 0 Å². The number of aromatic nitrogens is 4. The fraction of sp³-hybridized carbons (Fsp3) is 0.639. The Morgan fingerprint density at radius 2 is 1.15 bits per heavy atom. The van der Waals surface area contributed by atoms with Crippen molar-refractivity contribution in [1.82, 2.24) is 19.7 Å². The van der Waals surface area contributed by atoms with Crippen LogP contribution in [0.25, 0.3) is 11.3 Å². The van der Waals surface area contributed by atoms with E-state index < -0.39 is 0 Å². The largest absolute Gasteiger partial charge is 0.266 e. The molecule has 2 heterocycles. The Balaban J connectivity index is 0.000000690. The molecule has 40 heavy (non-hydrogen) atoms. The molecule has 0 spiro atoms. The minimum absolute atomic E-state index is 0.0185. The van der Waals surface area contributed by atoms with Gasteiger partial charge in [-0.2, -0.15) is 5.10 Å². The highest BCUT2D eigenvalue weighted by Crippen LogP contribution is 2.30. The van der Waals surface area contributed by atoms with E-state index in [1.54, 1.807) is 0 Å². The van der Waals surface area contributed by atoms with Crippen LogP contribution in [0.3, 0.4) is 0 Å². The molecule has 0 fully saturated rings. The summed E-state index contributed by atoms with van der Waals surface area (Å²) in [6.45, 7) is 38.9. The van der Waals surface area contributed by atoms with Crippen molar-refractivity contribution in [3.8, 4) is 11.3 Å². The van der Waals surface area contributed by atoms with E-state index in [1.807, 2.05) is 40.1 Å². The van der Waals surface area contributed by atoms with E-state index in [0.29, 0.717) is 6.04 Å². The number of hydrogen-bond acceptors (Lipinski definition) is 3. The quantitative estimate of drug-likeness (QED) is 0.319. The standard InChI is InChI=1S/C18H24N2.C14H26N2.2C2H6/c1-17(2,3)14-9-7-8-13(10-14)15-11-19-12-16(20-15)18(4,5)6;1-10(2)16-12(14(6,7)8)9-11(15-16)13(3,4)5;2*1-2/h7-12H,1-6H3;9-10H,1-8H3;2*1-2H3. The van der Waals surface area contributed by atoms with E-state index in [4.69, 9.17) is 10.1 Å². The highest BCUT2D eigenvalue weighted by molar-refractivity contribution is 5.60. The van der Waals surface area contributed by atoms with E-state index in [1.165, 1.54) is 17.0 Å². The summed E-state index contributed by atoms with van der Waals surface area (Å²) in [5.41, 5.74) is 7.38. The average Bonchev–Trinajstić information content (AvgIpc) is 3.34. The monoisotopic (exact) mass is 550 g/mol. The van der Waals surface area contributed by atoms with Crippen LogP contribution in [0.5, 0.6) is 0 Å². The van der Waals surface area contributed by atoms with Crippen LogP contribution in [0, 0.1) is 0 Å². The molecule has 3 aromatic rings. The van der Waals surface area contributed by atoms with Crippen LogP contribution in [-0.4, -0.2) is 19.7 Å². The van der Waals surface area contributed by atoms with Gasteiger partial charge in [0.05, 0.1) is 23.3 Å². The number of benzene rings is 1. The molecular weight excluding hydrogens is 488 g/mol. The van der Waals surface area contributed by atoms with Gasteiger partial charge in [0.15, 0.2) is 0 Å². The van der Waals surface area contributed by atoms with E-state index in [9.17, 15) is 0 Å². The molecule has 0 aliphatic carbocycles. The molecule has 0 amide bonds. The van der Waals surface area contributed by atoms with Crippen molar-refractivity contribution >= 4 is 0 Å². The highest BCUT2D eigenvalue weighted by atomic mass is 15.3. The second-order valence-electron chi connectivity index (χ2n) is 14.3. The fourth-order valence-electron chi connectivity index (χ4n) is 3.73. The first-order chi connectivity index (χ1) is 18.2. The Morgan fingerprint density at radius 1 is 0.625 bits per heavy atom. The van der Waals surface area contributed by atoms with Crippen molar-refractivity contribution < 1.29 is 0 Å². The molecule has 1 aromatic carbocycles. The molecule has 0 radical (unpaired) electrons. The Labute approximate surface area is 248 Å². The first-order valence-electron chi connectivity index (χ1n) is 15.2. The van der Waals surface area contributed by atoms with Crippen molar-refractivity contribution in [2.75, 3.05) is 0 Å². The molecule has 0 atom stereocenters. The van der Waals surface area contributed by atoms with E-state index in [2.05, 4.69) is 137 Å². The van der Waals surface area contributed by atoms with Crippen LogP contribution >= 0.6 is 0 Å². The smallest absolute Gasteiger partial charge is 0.0888 e. The molecule has 4 nitrogen and oxygen atoms in total. The van der Waals surface area contributed by atoms with Crippen LogP contribution in [0.4, 0.5) is 0 Å². The summed E-state index contributed by atoms with van der Waals surface area (Å²) in [6.07, 6.45) is 3.70. The molecule has 0 saturated carbocycles. The third-order valence-electron chi connectivity index (χ3n) is 6.19. The summed E-state index contributed by atoms with van der Waals surface area (Å²) in [5, 5.41) is 4.76. The molecule has 2 aromatic heterocycles. The Hall–Kier alpha value is -2.49. The Morgan fingerprint density at radius 3 is 1.55 bits per heavy atom. The van der Waals surface area contributed by atoms with Gasteiger partial charge in [0.25, 0.3) is 0 Å². The van der Waals surface area contributed by atoms with Crippen LogP contribution in [0.15, 0.2) is 42.7 Å². The minimum Gasteiger partial charge on any atom is -0.266 e. The maximum atomic E-state index is 4.77. The average molecular weight is 551 g/mol. The molecule has 0 unspecified atom stereocenters. The van der Waals surface area contributed by atoms with Gasteiger partial charge in [-0.3, -0.25) is 9.67 Å². The lowest BCUT2D eigenvalue weighted by molar-refractivity contribution is 0.437. The minimum atomic E-state index is 0.0185. The SMILES string of the molecule is CC.CC.CC(C)(C)c1cccc(-c2cncc(C(C)(C)C)n2)c1.CC(C)n1nc(C(C)(C)C)cc1C(C)(C)C. The first kappa shape index (κ1) is 37.5. The molecule has 0 bridgehead atoms. The van der Waals surface area contributed by atoms with E-state index in [0.717, 1.165) is 17.0 Å². The van der Waals surface area contributed by atoms with Crippen molar-refractivity contribution in [2.24, 2.45) is 0 Å². The summed E-state index contributed by atoms with van der Waals surface area (Å²) in [4.78, 5) is 9.13. The zero-order chi connectivity index (χ0) is 31.7. The maximum absolute atomic E-state index is 4.77. The van der Waals surface area contributed by atoms with Gasteiger partial charge < -0.3 is 0 Å². The van der Waals surface area contributed by atoms with Crippen LogP contribution in [-0.2, 0) is 21.7 Å². The number of rotatable bonds is 2. The second-order valence-corrected chi connectivity index (χ2v) is 14.3. The first-order valence-corrected chi connectivity index (χ1v) is 15.2. The van der Waals surface area contributed by atoms with Crippen molar-refractivity contribution in [3.05, 3.63) is 65.4 Å². The van der Waals surface area contributed by atoms with Gasteiger partial charge in [0.1, 0.15) is 0 Å². The zero-order valence-corrected chi connectivity index (χ0v) is 29.4. The van der Waals surface area contributed by atoms with Crippen molar-refractivity contribution in [3.63, 3.8) is 0 Å². The molecule has 4 heteroatoms. The third kappa shape index (κ3) is 11.2. The van der Waals surface area contributed by atoms with Crippen LogP contribution in [0.2, 0.25) is 0 Å². The lowest BCUT2D eigenvalue weighted by atomic mass is 9.86. The molecule has 0 aliphatic heterocycles. The topological polar surface area (TPSA) is 43.6 Å². The molecule has 0 N–H and O–H groups in total. The fourth-order valence-corrected chi connectivity index (χ4v) is 3.73. The predicted molar refractivity (Wildman–Crippen MR) is 178 cm³/mol. The summed E-state index contributed by atoms with van der Waals surface area (Å²) >= 11 is 0. The third-order valence-corrected chi connectivity index (χ3v) is 6.19. The lowest BCUT2D eigenvalue weighted by Gasteiger charge is -2.22. The maximum Gasteiger partial charge on any atom is 0.0888 e. The number of hydrogen-bond donors (Lipinski definition) is 0. The molecule has 0 aliphatic rings. The van der Waals surface area contributed by atoms with Gasteiger partial charge in [-0.1, -0.05) is 129 Å². The summed E-state index contributed by atoms with van der Waals surface area (Å²) < 4.78 is 2.17. The van der Waals surface area contributed by atoms with E-state index in [-0.39, 0.29) is 21.7 Å². The normalized spacial score (nSPS) is 12.0. The zero-order valence-electron chi connectivity index (χ0n) is 29.4. The van der Waals surface area contributed by atoms with Gasteiger partial charge in [-0.05, 0) is 37.0 Å². The van der Waals surface area contributed by atoms with E-state index >= 15 is 0 Å². The van der Waals surface area contributed by atoms with Crippen molar-refractivity contribution in [2.45, 2.75) is 152 Å². The van der Waals surface area contributed by atoms with Gasteiger partial charge in [-0.25, -0.2) is 4.98 Å². The van der Waals surface area contributed by atoms with Crippen LogP contribution in [0.1, 0.15) is 153 Å². The molecule has 3 rings (SSSR count). The molecule has 0 saturated heterocycles. The summed E-state index contributed by atoms with van der Waals surface area (Å²) in [7, 11) is 0. The second kappa shape index (κ2) is 14.9. The highest BCUT2D eigenvalue weighted by Gasteiger charge is 2.26. The van der Waals surface area contributed by atoms with Gasteiger partial charge >= 0.3 is 0 Å². The summed E-state index contributed by atoms with van der Waals surface area (Å²) in [6, 6.07) is 11.3. The van der Waals surface area contributed by atoms with Crippen molar-refractivity contribution in [1.29, 1.82) is 0 Å². The van der Waals surface area contributed by atoms with Gasteiger partial charge in [0, 0.05) is 39.7 Å².